The van der Waals surface area contributed by atoms with Crippen LogP contribution in [-0.2, 0) is 4.74 Å². The van der Waals surface area contributed by atoms with Gasteiger partial charge in [0.05, 0.1) is 0 Å². The van der Waals surface area contributed by atoms with Crippen molar-refractivity contribution in [2.24, 2.45) is 0 Å². The Morgan fingerprint density at radius 3 is 2.56 bits per heavy atom. The zero-order valence-electron chi connectivity index (χ0n) is 12.0. The summed E-state index contributed by atoms with van der Waals surface area (Å²) in [5.74, 6) is 0.717. The zero-order chi connectivity index (χ0) is 14.1. The molecule has 0 amide bonds. The summed E-state index contributed by atoms with van der Waals surface area (Å²) in [4.78, 5) is 0. The Hall–Kier alpha value is -1.72. The average molecular weight is 246 g/mol. The van der Waals surface area contributed by atoms with Gasteiger partial charge < -0.3 is 4.74 Å². The predicted molar refractivity (Wildman–Crippen MR) is 82.5 cm³/mol. The molecule has 0 saturated heterocycles. The molecule has 100 valence electrons. The highest BCUT2D eigenvalue weighted by molar-refractivity contribution is 5.15. The summed E-state index contributed by atoms with van der Waals surface area (Å²) in [5, 5.41) is 0. The Morgan fingerprint density at radius 1 is 1.28 bits per heavy atom. The topological polar surface area (TPSA) is 9.23 Å². The molecule has 1 heteroatoms. The minimum Gasteiger partial charge on any atom is -0.489 e. The lowest BCUT2D eigenvalue weighted by Crippen LogP contribution is -1.87. The second kappa shape index (κ2) is 17.7. The molecule has 0 aromatic heterocycles. The quantitative estimate of drug-likeness (QED) is 0.318. The van der Waals surface area contributed by atoms with Gasteiger partial charge in [0.2, 0.25) is 0 Å². The van der Waals surface area contributed by atoms with Gasteiger partial charge in [-0.2, -0.15) is 0 Å². The Balaban J connectivity index is 0. The molecule has 0 saturated carbocycles. The molecule has 0 rings (SSSR count). The van der Waals surface area contributed by atoms with Gasteiger partial charge in [0.25, 0.3) is 0 Å². The number of allylic oxidation sites excluding steroid dienone is 5. The van der Waals surface area contributed by atoms with Crippen LogP contribution in [0.15, 0.2) is 67.2 Å². The average Bonchev–Trinajstić information content (AvgIpc) is 2.42. The van der Waals surface area contributed by atoms with Crippen LogP contribution in [0, 0.1) is 0 Å². The summed E-state index contributed by atoms with van der Waals surface area (Å²) in [6.07, 6.45) is 15.2. The Morgan fingerprint density at radius 2 is 2.00 bits per heavy atom. The fourth-order valence-corrected chi connectivity index (χ4v) is 0.932. The highest BCUT2D eigenvalue weighted by atomic mass is 16.5. The molecular formula is C17H26O. The van der Waals surface area contributed by atoms with Gasteiger partial charge in [-0.15, -0.1) is 5.73 Å². The summed E-state index contributed by atoms with van der Waals surface area (Å²) >= 11 is 0. The van der Waals surface area contributed by atoms with Gasteiger partial charge in [-0.3, -0.25) is 0 Å². The summed E-state index contributed by atoms with van der Waals surface area (Å²) in [6.45, 7) is 13.9. The van der Waals surface area contributed by atoms with Crippen LogP contribution in [0.2, 0.25) is 0 Å². The van der Waals surface area contributed by atoms with E-state index in [1.54, 1.807) is 18.2 Å². The van der Waals surface area contributed by atoms with E-state index in [4.69, 9.17) is 4.74 Å². The molecule has 0 radical (unpaired) electrons. The fraction of sp³-hybridized carbons (Fsp3) is 0.353. The molecule has 0 aliphatic heterocycles. The van der Waals surface area contributed by atoms with Crippen molar-refractivity contribution in [3.63, 3.8) is 0 Å². The third kappa shape index (κ3) is 14.3. The molecule has 0 heterocycles. The van der Waals surface area contributed by atoms with Crippen LogP contribution < -0.4 is 0 Å². The summed E-state index contributed by atoms with van der Waals surface area (Å²) < 4.78 is 5.37. The minimum atomic E-state index is 0.490. The molecule has 0 aromatic rings. The van der Waals surface area contributed by atoms with Gasteiger partial charge in [0.1, 0.15) is 12.4 Å². The van der Waals surface area contributed by atoms with Crippen molar-refractivity contribution < 1.29 is 4.74 Å². The number of hydrogen-bond donors (Lipinski definition) is 0. The third-order valence-electron chi connectivity index (χ3n) is 1.72. The van der Waals surface area contributed by atoms with E-state index in [1.165, 1.54) is 6.42 Å². The van der Waals surface area contributed by atoms with Gasteiger partial charge >= 0.3 is 0 Å². The number of rotatable bonds is 8. The van der Waals surface area contributed by atoms with Crippen LogP contribution in [0.3, 0.4) is 0 Å². The standard InChI is InChI=1S/C15H20O.C2H6/c1-4-7-8-9-10-11-12-14-16-15(6-3)13-5-2;1-2/h5-6,8-10,12-13H,2-4,7,14H2,1H3;1-2H3/b9-8-,15-13+;. The lowest BCUT2D eigenvalue weighted by molar-refractivity contribution is 0.262. The van der Waals surface area contributed by atoms with Gasteiger partial charge in [0, 0.05) is 0 Å². The number of unbranched alkanes of at least 4 members (excludes halogenated alkanes) is 1. The van der Waals surface area contributed by atoms with E-state index < -0.39 is 0 Å². The smallest absolute Gasteiger partial charge is 0.119 e. The highest BCUT2D eigenvalue weighted by Gasteiger charge is 1.85. The molecular weight excluding hydrogens is 220 g/mol. The van der Waals surface area contributed by atoms with E-state index >= 15 is 0 Å². The molecule has 1 nitrogen and oxygen atoms in total. The molecule has 0 aromatic carbocycles. The molecule has 18 heavy (non-hydrogen) atoms. The molecule has 0 unspecified atom stereocenters. The highest BCUT2D eigenvalue weighted by Crippen LogP contribution is 1.98. The fourth-order valence-electron chi connectivity index (χ4n) is 0.932. The Kier molecular flexibility index (Phi) is 18.3. The first-order valence-corrected chi connectivity index (χ1v) is 6.49. The number of hydrogen-bond acceptors (Lipinski definition) is 1. The zero-order valence-corrected chi connectivity index (χ0v) is 12.0. The van der Waals surface area contributed by atoms with Crippen LogP contribution in [0.1, 0.15) is 33.6 Å². The lowest BCUT2D eigenvalue weighted by atomic mass is 10.3. The second-order valence-electron chi connectivity index (χ2n) is 3.07. The van der Waals surface area contributed by atoms with Crippen molar-refractivity contribution >= 4 is 0 Å². The van der Waals surface area contributed by atoms with Gasteiger partial charge in [-0.25, -0.2) is 0 Å². The minimum absolute atomic E-state index is 0.490. The monoisotopic (exact) mass is 246 g/mol. The van der Waals surface area contributed by atoms with Gasteiger partial charge in [0.15, 0.2) is 0 Å². The van der Waals surface area contributed by atoms with Gasteiger partial charge in [-0.1, -0.05) is 58.6 Å². The van der Waals surface area contributed by atoms with Crippen LogP contribution in [0.25, 0.3) is 0 Å². The van der Waals surface area contributed by atoms with Crippen LogP contribution >= 0.6 is 0 Å². The normalized spacial score (nSPS) is 9.83. The van der Waals surface area contributed by atoms with E-state index in [0.29, 0.717) is 6.61 Å². The van der Waals surface area contributed by atoms with E-state index in [2.05, 4.69) is 31.9 Å². The Labute approximate surface area is 113 Å². The SMILES string of the molecule is C=C/C=C(\C=C)OCC=C=C/C=C\CCC.CC. The molecule has 0 atom stereocenters. The maximum atomic E-state index is 5.37. The molecule has 0 fully saturated rings. The van der Waals surface area contributed by atoms with Crippen molar-refractivity contribution in [1.82, 2.24) is 0 Å². The first kappa shape index (κ1) is 18.6. The van der Waals surface area contributed by atoms with Crippen molar-refractivity contribution in [3.05, 3.63) is 67.2 Å². The summed E-state index contributed by atoms with van der Waals surface area (Å²) in [5.41, 5.74) is 3.02. The first-order valence-electron chi connectivity index (χ1n) is 6.49. The van der Waals surface area contributed by atoms with Crippen molar-refractivity contribution in [2.75, 3.05) is 6.61 Å². The summed E-state index contributed by atoms with van der Waals surface area (Å²) in [7, 11) is 0. The van der Waals surface area contributed by atoms with Gasteiger partial charge in [-0.05, 0) is 30.7 Å². The van der Waals surface area contributed by atoms with Crippen molar-refractivity contribution in [2.45, 2.75) is 33.6 Å². The molecule has 0 aliphatic rings. The van der Waals surface area contributed by atoms with Crippen LogP contribution in [0.5, 0.6) is 0 Å². The first-order chi connectivity index (χ1) is 8.85. The maximum Gasteiger partial charge on any atom is 0.119 e. The van der Waals surface area contributed by atoms with E-state index in [1.807, 2.05) is 32.1 Å². The second-order valence-corrected chi connectivity index (χ2v) is 3.07. The molecule has 0 bridgehead atoms. The number of ether oxygens (including phenoxy) is 1. The van der Waals surface area contributed by atoms with Crippen molar-refractivity contribution in [1.29, 1.82) is 0 Å². The molecule has 0 N–H and O–H groups in total. The third-order valence-corrected chi connectivity index (χ3v) is 1.72. The molecule has 0 aliphatic carbocycles. The largest absolute Gasteiger partial charge is 0.489 e. The molecule has 0 spiro atoms. The van der Waals surface area contributed by atoms with Crippen molar-refractivity contribution in [3.8, 4) is 0 Å². The summed E-state index contributed by atoms with van der Waals surface area (Å²) in [6, 6.07) is 0. The van der Waals surface area contributed by atoms with E-state index in [9.17, 15) is 0 Å². The van der Waals surface area contributed by atoms with Crippen LogP contribution in [0.4, 0.5) is 0 Å². The van der Waals surface area contributed by atoms with E-state index in [-0.39, 0.29) is 0 Å². The Bertz CT molecular complexity index is 313. The predicted octanol–water partition coefficient (Wildman–Crippen LogP) is 5.35. The van der Waals surface area contributed by atoms with E-state index in [0.717, 1.165) is 12.2 Å². The maximum absolute atomic E-state index is 5.37. The lowest BCUT2D eigenvalue weighted by Gasteiger charge is -2.00. The van der Waals surface area contributed by atoms with Crippen LogP contribution in [-0.4, -0.2) is 6.61 Å².